The van der Waals surface area contributed by atoms with Crippen molar-refractivity contribution in [2.75, 3.05) is 13.2 Å². The molecule has 1 saturated heterocycles. The van der Waals surface area contributed by atoms with Gasteiger partial charge in [0.2, 0.25) is 0 Å². The second-order valence-electron chi connectivity index (χ2n) is 8.42. The topological polar surface area (TPSA) is 49.8 Å². The molecule has 1 amide bonds. The van der Waals surface area contributed by atoms with Gasteiger partial charge < -0.3 is 14.7 Å². The van der Waals surface area contributed by atoms with Crippen LogP contribution in [0.5, 0.6) is 5.75 Å². The zero-order valence-electron chi connectivity index (χ0n) is 17.0. The number of hydrogen-bond donors (Lipinski definition) is 1. The van der Waals surface area contributed by atoms with Crippen molar-refractivity contribution in [2.45, 2.75) is 83.1 Å². The lowest BCUT2D eigenvalue weighted by Gasteiger charge is -2.41. The molecule has 1 aromatic carbocycles. The average Bonchev–Trinajstić information content (AvgIpc) is 2.74. The number of rotatable bonds is 5. The van der Waals surface area contributed by atoms with Crippen molar-refractivity contribution >= 4 is 6.09 Å². The number of carbonyl (C=O) groups is 1. The van der Waals surface area contributed by atoms with E-state index in [-0.39, 0.29) is 24.2 Å². The number of likely N-dealkylation sites (tertiary alicyclic amines) is 1. The van der Waals surface area contributed by atoms with Crippen LogP contribution in [0.15, 0.2) is 24.3 Å². The lowest BCUT2D eigenvalue weighted by Crippen LogP contribution is -2.46. The summed E-state index contributed by atoms with van der Waals surface area (Å²) in [6.07, 6.45) is 10.2. The Labute approximate surface area is 163 Å². The molecule has 3 rings (SSSR count). The normalized spacial score (nSPS) is 28.8. The molecule has 3 unspecified atom stereocenters. The maximum absolute atomic E-state index is 12.5. The summed E-state index contributed by atoms with van der Waals surface area (Å²) in [5, 5.41) is 9.50. The van der Waals surface area contributed by atoms with Gasteiger partial charge in [0.05, 0.1) is 12.6 Å². The molecule has 4 heteroatoms. The van der Waals surface area contributed by atoms with Gasteiger partial charge in [-0.1, -0.05) is 45.2 Å². The minimum atomic E-state index is -0.338. The molecule has 1 N–H and O–H groups in total. The quantitative estimate of drug-likeness (QED) is 0.764. The van der Waals surface area contributed by atoms with Gasteiger partial charge in [-0.25, -0.2) is 4.79 Å². The standard InChI is InChI=1S/C23H35NO3/c1-3-18-8-7-14-23(4-2,16-18)19-10-12-21(13-11-19)27-22(26)24-15-6-5-9-20(24)17-25/h10-13,18,20,25H,3-9,14-17H2,1-2H3. The lowest BCUT2D eigenvalue weighted by molar-refractivity contribution is 0.0825. The van der Waals surface area contributed by atoms with E-state index in [0.717, 1.165) is 31.6 Å². The first kappa shape index (κ1) is 20.2. The molecule has 1 aliphatic carbocycles. The molecule has 27 heavy (non-hydrogen) atoms. The van der Waals surface area contributed by atoms with E-state index in [9.17, 15) is 9.90 Å². The first-order valence-electron chi connectivity index (χ1n) is 10.8. The third-order valence-electron chi connectivity index (χ3n) is 6.95. The molecular formula is C23H35NO3. The van der Waals surface area contributed by atoms with E-state index >= 15 is 0 Å². The van der Waals surface area contributed by atoms with Gasteiger partial charge in [0.25, 0.3) is 0 Å². The molecule has 4 nitrogen and oxygen atoms in total. The average molecular weight is 374 g/mol. The van der Waals surface area contributed by atoms with Gasteiger partial charge in [-0.3, -0.25) is 0 Å². The van der Waals surface area contributed by atoms with Crippen LogP contribution in [0, 0.1) is 5.92 Å². The van der Waals surface area contributed by atoms with Crippen LogP contribution in [0.1, 0.15) is 77.2 Å². The predicted molar refractivity (Wildman–Crippen MR) is 108 cm³/mol. The van der Waals surface area contributed by atoms with Crippen molar-refractivity contribution in [1.82, 2.24) is 4.90 Å². The highest BCUT2D eigenvalue weighted by atomic mass is 16.6. The molecule has 0 aromatic heterocycles. The summed E-state index contributed by atoms with van der Waals surface area (Å²) in [6, 6.07) is 8.09. The first-order chi connectivity index (χ1) is 13.1. The molecular weight excluding hydrogens is 338 g/mol. The van der Waals surface area contributed by atoms with Crippen molar-refractivity contribution < 1.29 is 14.6 Å². The molecule has 0 bridgehead atoms. The third-order valence-corrected chi connectivity index (χ3v) is 6.95. The number of amides is 1. The van der Waals surface area contributed by atoms with Gasteiger partial charge in [-0.2, -0.15) is 0 Å². The van der Waals surface area contributed by atoms with Crippen molar-refractivity contribution in [3.05, 3.63) is 29.8 Å². The number of hydrogen-bond acceptors (Lipinski definition) is 3. The zero-order valence-corrected chi connectivity index (χ0v) is 17.0. The van der Waals surface area contributed by atoms with Gasteiger partial charge >= 0.3 is 6.09 Å². The molecule has 1 aromatic rings. The van der Waals surface area contributed by atoms with Crippen LogP contribution in [0.4, 0.5) is 4.79 Å². The highest BCUT2D eigenvalue weighted by molar-refractivity contribution is 5.71. The number of carbonyl (C=O) groups excluding carboxylic acids is 1. The Morgan fingerprint density at radius 3 is 2.63 bits per heavy atom. The fourth-order valence-electron chi connectivity index (χ4n) is 5.09. The van der Waals surface area contributed by atoms with Gasteiger partial charge in [0.1, 0.15) is 5.75 Å². The van der Waals surface area contributed by atoms with Crippen molar-refractivity contribution in [1.29, 1.82) is 0 Å². The van der Waals surface area contributed by atoms with Crippen molar-refractivity contribution in [2.24, 2.45) is 5.92 Å². The van der Waals surface area contributed by atoms with Gasteiger partial charge in [-0.15, -0.1) is 0 Å². The Kier molecular flexibility index (Phi) is 6.80. The van der Waals surface area contributed by atoms with E-state index in [2.05, 4.69) is 26.0 Å². The maximum atomic E-state index is 12.5. The Morgan fingerprint density at radius 2 is 1.96 bits per heavy atom. The maximum Gasteiger partial charge on any atom is 0.415 e. The van der Waals surface area contributed by atoms with Gasteiger partial charge in [0, 0.05) is 6.54 Å². The van der Waals surface area contributed by atoms with E-state index in [1.54, 1.807) is 4.90 Å². The Morgan fingerprint density at radius 1 is 1.19 bits per heavy atom. The van der Waals surface area contributed by atoms with Crippen LogP contribution in [0.25, 0.3) is 0 Å². The van der Waals surface area contributed by atoms with E-state index < -0.39 is 0 Å². The van der Waals surface area contributed by atoms with E-state index in [0.29, 0.717) is 12.3 Å². The van der Waals surface area contributed by atoms with Crippen LogP contribution in [0.3, 0.4) is 0 Å². The Bertz CT molecular complexity index is 615. The zero-order chi connectivity index (χ0) is 19.3. The molecule has 2 aliphatic rings. The van der Waals surface area contributed by atoms with Crippen LogP contribution in [0.2, 0.25) is 0 Å². The number of aliphatic hydroxyl groups excluding tert-OH is 1. The highest BCUT2D eigenvalue weighted by Crippen LogP contribution is 2.45. The number of benzene rings is 1. The van der Waals surface area contributed by atoms with Gasteiger partial charge in [-0.05, 0) is 67.6 Å². The Balaban J connectivity index is 1.68. The van der Waals surface area contributed by atoms with Gasteiger partial charge in [0.15, 0.2) is 0 Å². The fraction of sp³-hybridized carbons (Fsp3) is 0.696. The molecule has 1 heterocycles. The third kappa shape index (κ3) is 4.48. The molecule has 0 radical (unpaired) electrons. The van der Waals surface area contributed by atoms with Crippen molar-refractivity contribution in [3.8, 4) is 5.75 Å². The number of nitrogens with zero attached hydrogens (tertiary/aromatic N) is 1. The molecule has 1 saturated carbocycles. The summed E-state index contributed by atoms with van der Waals surface area (Å²) in [4.78, 5) is 14.2. The number of ether oxygens (including phenoxy) is 1. The summed E-state index contributed by atoms with van der Waals surface area (Å²) >= 11 is 0. The number of piperidine rings is 1. The fourth-order valence-corrected chi connectivity index (χ4v) is 5.09. The first-order valence-corrected chi connectivity index (χ1v) is 10.8. The molecule has 0 spiro atoms. The van der Waals surface area contributed by atoms with Crippen molar-refractivity contribution in [3.63, 3.8) is 0 Å². The molecule has 2 fully saturated rings. The smallest absolute Gasteiger partial charge is 0.410 e. The predicted octanol–water partition coefficient (Wildman–Crippen LogP) is 5.28. The highest BCUT2D eigenvalue weighted by Gasteiger charge is 2.35. The summed E-state index contributed by atoms with van der Waals surface area (Å²) < 4.78 is 5.61. The summed E-state index contributed by atoms with van der Waals surface area (Å²) in [7, 11) is 0. The monoisotopic (exact) mass is 373 g/mol. The number of aliphatic hydroxyl groups is 1. The molecule has 1 aliphatic heterocycles. The van der Waals surface area contributed by atoms with Crippen LogP contribution in [-0.4, -0.2) is 35.3 Å². The minimum absolute atomic E-state index is 0.00561. The lowest BCUT2D eigenvalue weighted by atomic mass is 9.64. The molecule has 3 atom stereocenters. The van der Waals surface area contributed by atoms with E-state index in [1.165, 1.54) is 37.7 Å². The van der Waals surface area contributed by atoms with E-state index in [4.69, 9.17) is 4.74 Å². The summed E-state index contributed by atoms with van der Waals surface area (Å²) in [5.74, 6) is 1.42. The Hall–Kier alpha value is -1.55. The van der Waals surface area contributed by atoms with Crippen LogP contribution >= 0.6 is 0 Å². The second kappa shape index (κ2) is 9.09. The largest absolute Gasteiger partial charge is 0.415 e. The summed E-state index contributed by atoms with van der Waals surface area (Å²) in [6.45, 7) is 5.28. The second-order valence-corrected chi connectivity index (χ2v) is 8.42. The SMILES string of the molecule is CCC1CCCC(CC)(c2ccc(OC(=O)N3CCCCC3CO)cc2)C1. The van der Waals surface area contributed by atoms with Crippen LogP contribution < -0.4 is 4.74 Å². The van der Waals surface area contributed by atoms with Crippen LogP contribution in [-0.2, 0) is 5.41 Å². The summed E-state index contributed by atoms with van der Waals surface area (Å²) in [5.41, 5.74) is 1.66. The van der Waals surface area contributed by atoms with E-state index in [1.807, 2.05) is 12.1 Å². The minimum Gasteiger partial charge on any atom is -0.410 e. The molecule has 150 valence electrons.